The van der Waals surface area contributed by atoms with E-state index >= 15 is 0 Å². The van der Waals surface area contributed by atoms with Crippen LogP contribution < -0.4 is 0 Å². The largest absolute Gasteiger partial charge is 0.492 e. The summed E-state index contributed by atoms with van der Waals surface area (Å²) >= 11 is 1.34. The summed E-state index contributed by atoms with van der Waals surface area (Å²) < 4.78 is 21.3. The smallest absolute Gasteiger partial charge is 0.230 e. The molecule has 3 aromatic rings. The average molecular weight is 348 g/mol. The SMILES string of the molecule is Cc1nc2sc([C@H](c3ccccc3F)N3CCOCC3)c(O)n2n1. The molecule has 3 heterocycles. The molecule has 2 aromatic heterocycles. The van der Waals surface area contributed by atoms with Gasteiger partial charge in [0.15, 0.2) is 0 Å². The second kappa shape index (κ2) is 6.12. The summed E-state index contributed by atoms with van der Waals surface area (Å²) in [6.07, 6.45) is 0. The Morgan fingerprint density at radius 2 is 2.04 bits per heavy atom. The molecule has 6 nitrogen and oxygen atoms in total. The van der Waals surface area contributed by atoms with Crippen LogP contribution in [-0.2, 0) is 4.74 Å². The van der Waals surface area contributed by atoms with Crippen molar-refractivity contribution in [3.05, 3.63) is 46.3 Å². The molecule has 0 saturated carbocycles. The Balaban J connectivity index is 1.86. The van der Waals surface area contributed by atoms with Crippen LogP contribution in [0.1, 0.15) is 22.3 Å². The Morgan fingerprint density at radius 1 is 1.29 bits per heavy atom. The van der Waals surface area contributed by atoms with Gasteiger partial charge in [0.05, 0.1) is 24.1 Å². The van der Waals surface area contributed by atoms with Crippen LogP contribution in [0.4, 0.5) is 4.39 Å². The van der Waals surface area contributed by atoms with Gasteiger partial charge in [-0.05, 0) is 13.0 Å². The summed E-state index contributed by atoms with van der Waals surface area (Å²) in [4.78, 5) is 7.69. The monoisotopic (exact) mass is 348 g/mol. The van der Waals surface area contributed by atoms with E-state index < -0.39 is 0 Å². The molecule has 1 N–H and O–H groups in total. The first-order valence-corrected chi connectivity index (χ1v) is 8.58. The van der Waals surface area contributed by atoms with Crippen LogP contribution in [0.25, 0.3) is 4.96 Å². The topological polar surface area (TPSA) is 62.9 Å². The van der Waals surface area contributed by atoms with Gasteiger partial charge < -0.3 is 9.84 Å². The van der Waals surface area contributed by atoms with Crippen LogP contribution in [-0.4, -0.2) is 50.9 Å². The lowest BCUT2D eigenvalue weighted by atomic mass is 10.0. The summed E-state index contributed by atoms with van der Waals surface area (Å²) in [6, 6.07) is 6.30. The van der Waals surface area contributed by atoms with E-state index in [1.807, 2.05) is 6.07 Å². The summed E-state index contributed by atoms with van der Waals surface area (Å²) in [5.74, 6) is 0.329. The van der Waals surface area contributed by atoms with Gasteiger partial charge in [0.1, 0.15) is 11.6 Å². The Labute approximate surface area is 142 Å². The molecule has 8 heteroatoms. The van der Waals surface area contributed by atoms with Crippen molar-refractivity contribution < 1.29 is 14.2 Å². The summed E-state index contributed by atoms with van der Waals surface area (Å²) in [7, 11) is 0. The van der Waals surface area contributed by atoms with E-state index in [1.165, 1.54) is 21.9 Å². The number of aryl methyl sites for hydroxylation is 1. The summed E-state index contributed by atoms with van der Waals surface area (Å²) in [6.45, 7) is 4.29. The molecule has 0 unspecified atom stereocenters. The average Bonchev–Trinajstić information content (AvgIpc) is 3.09. The highest BCUT2D eigenvalue weighted by Gasteiger charge is 2.32. The fraction of sp³-hybridized carbons (Fsp3) is 0.375. The molecule has 0 bridgehead atoms. The maximum absolute atomic E-state index is 14.5. The lowest BCUT2D eigenvalue weighted by Gasteiger charge is -2.34. The molecule has 1 fully saturated rings. The van der Waals surface area contributed by atoms with Gasteiger partial charge >= 0.3 is 0 Å². The Hall–Kier alpha value is -2.03. The van der Waals surface area contributed by atoms with Crippen molar-refractivity contribution in [1.82, 2.24) is 19.5 Å². The number of aromatic hydroxyl groups is 1. The first-order chi connectivity index (χ1) is 11.6. The third-order valence-corrected chi connectivity index (χ3v) is 5.24. The first kappa shape index (κ1) is 15.5. The van der Waals surface area contributed by atoms with E-state index in [0.717, 1.165) is 0 Å². The molecule has 0 amide bonds. The fourth-order valence-electron chi connectivity index (χ4n) is 3.06. The first-order valence-electron chi connectivity index (χ1n) is 7.76. The van der Waals surface area contributed by atoms with Gasteiger partial charge in [0, 0.05) is 18.7 Å². The molecule has 1 aliphatic rings. The van der Waals surface area contributed by atoms with Gasteiger partial charge in [0.2, 0.25) is 10.8 Å². The second-order valence-electron chi connectivity index (χ2n) is 5.72. The molecule has 126 valence electrons. The highest BCUT2D eigenvalue weighted by Crippen LogP contribution is 2.40. The van der Waals surface area contributed by atoms with Crippen molar-refractivity contribution in [3.63, 3.8) is 0 Å². The number of halogens is 1. The minimum Gasteiger partial charge on any atom is -0.492 e. The number of hydrogen-bond acceptors (Lipinski definition) is 6. The molecule has 24 heavy (non-hydrogen) atoms. The van der Waals surface area contributed by atoms with Crippen molar-refractivity contribution in [1.29, 1.82) is 0 Å². The molecule has 1 atom stereocenters. The number of fused-ring (bicyclic) bond motifs is 1. The Morgan fingerprint density at radius 3 is 2.75 bits per heavy atom. The van der Waals surface area contributed by atoms with E-state index in [4.69, 9.17) is 4.74 Å². The zero-order valence-corrected chi connectivity index (χ0v) is 14.0. The number of ether oxygens (including phenoxy) is 1. The highest BCUT2D eigenvalue weighted by molar-refractivity contribution is 7.17. The van der Waals surface area contributed by atoms with Gasteiger partial charge in [-0.1, -0.05) is 29.5 Å². The molecule has 0 aliphatic carbocycles. The quantitative estimate of drug-likeness (QED) is 0.787. The normalized spacial score (nSPS) is 17.4. The molecule has 1 saturated heterocycles. The Bertz CT molecular complexity index is 872. The lowest BCUT2D eigenvalue weighted by molar-refractivity contribution is 0.0235. The van der Waals surface area contributed by atoms with Crippen LogP contribution in [0.15, 0.2) is 24.3 Å². The van der Waals surface area contributed by atoms with E-state index in [2.05, 4.69) is 15.0 Å². The second-order valence-corrected chi connectivity index (χ2v) is 6.72. The molecule has 1 aliphatic heterocycles. The van der Waals surface area contributed by atoms with Gasteiger partial charge in [-0.25, -0.2) is 9.37 Å². The maximum Gasteiger partial charge on any atom is 0.230 e. The minimum absolute atomic E-state index is 0.0235. The number of nitrogens with zero attached hydrogens (tertiary/aromatic N) is 4. The Kier molecular flexibility index (Phi) is 3.95. The summed E-state index contributed by atoms with van der Waals surface area (Å²) in [5.41, 5.74) is 0.538. The zero-order valence-electron chi connectivity index (χ0n) is 13.1. The highest BCUT2D eigenvalue weighted by atomic mass is 32.1. The number of hydrogen-bond donors (Lipinski definition) is 1. The van der Waals surface area contributed by atoms with Crippen LogP contribution >= 0.6 is 11.3 Å². The van der Waals surface area contributed by atoms with E-state index in [0.29, 0.717) is 47.5 Å². The van der Waals surface area contributed by atoms with Crippen LogP contribution in [0.5, 0.6) is 5.88 Å². The molecule has 0 radical (unpaired) electrons. The van der Waals surface area contributed by atoms with Crippen molar-refractivity contribution in [3.8, 4) is 5.88 Å². The molecule has 0 spiro atoms. The summed E-state index contributed by atoms with van der Waals surface area (Å²) in [5, 5.41) is 14.9. The number of rotatable bonds is 3. The van der Waals surface area contributed by atoms with Gasteiger partial charge in [-0.15, -0.1) is 5.10 Å². The standard InChI is InChI=1S/C16H17FN4O2S/c1-10-18-16-21(19-10)15(22)14(24-16)13(20-6-8-23-9-7-20)11-4-2-3-5-12(11)17/h2-5,13,22H,6-9H2,1H3/t13-/m0/s1. The van der Waals surface area contributed by atoms with Crippen molar-refractivity contribution >= 4 is 16.3 Å². The van der Waals surface area contributed by atoms with E-state index in [9.17, 15) is 9.50 Å². The van der Waals surface area contributed by atoms with Gasteiger partial charge in [-0.3, -0.25) is 4.90 Å². The van der Waals surface area contributed by atoms with Crippen molar-refractivity contribution in [2.45, 2.75) is 13.0 Å². The van der Waals surface area contributed by atoms with Crippen molar-refractivity contribution in [2.75, 3.05) is 26.3 Å². The number of thiazole rings is 1. The van der Waals surface area contributed by atoms with Gasteiger partial charge in [0.25, 0.3) is 0 Å². The third-order valence-electron chi connectivity index (χ3n) is 4.16. The van der Waals surface area contributed by atoms with Crippen LogP contribution in [0.3, 0.4) is 0 Å². The number of morpholine rings is 1. The molecule has 4 rings (SSSR count). The fourth-order valence-corrected chi connectivity index (χ4v) is 4.22. The third kappa shape index (κ3) is 2.56. The number of aromatic nitrogens is 3. The minimum atomic E-state index is -0.385. The number of benzene rings is 1. The van der Waals surface area contributed by atoms with Crippen molar-refractivity contribution in [2.24, 2.45) is 0 Å². The molecule has 1 aromatic carbocycles. The van der Waals surface area contributed by atoms with Crippen LogP contribution in [0, 0.1) is 12.7 Å². The van der Waals surface area contributed by atoms with Crippen LogP contribution in [0.2, 0.25) is 0 Å². The predicted molar refractivity (Wildman–Crippen MR) is 87.9 cm³/mol. The van der Waals surface area contributed by atoms with E-state index in [1.54, 1.807) is 19.1 Å². The van der Waals surface area contributed by atoms with E-state index in [-0.39, 0.29) is 17.7 Å². The zero-order chi connectivity index (χ0) is 16.7. The lowest BCUT2D eigenvalue weighted by Crippen LogP contribution is -2.39. The predicted octanol–water partition coefficient (Wildman–Crippen LogP) is 2.37. The van der Waals surface area contributed by atoms with Gasteiger partial charge in [-0.2, -0.15) is 4.52 Å². The molecular formula is C16H17FN4O2S. The maximum atomic E-state index is 14.5. The molecular weight excluding hydrogens is 331 g/mol.